The maximum absolute atomic E-state index is 6.77. The first-order valence-corrected chi connectivity index (χ1v) is 31.0. The standard InChI is InChI=1S/C74H68O2S2/c1-5-9-35-73(36-10-6-2)61-41-49(47-19-15-13-16-20-47)23-27-53(61)55-45-67-59(43-63(55)73)57-39-51(25-29-65(57)75-67)69-31-33-71(77-69)72-34-32-70(78-72)52-26-30-66-58(40-52)60-44-64-56(46-68(60)76-66)54-28-24-50(48-21-17-14-18-22-48)42-62(54)74(64,37-11-7-3)38-12-8-4/h13-33,39-46,72H,5-12,34-38H2,1-4H3. The molecule has 1 aliphatic heterocycles. The highest BCUT2D eigenvalue weighted by Crippen LogP contribution is 2.59. The van der Waals surface area contributed by atoms with Crippen molar-refractivity contribution in [2.45, 2.75) is 127 Å². The minimum atomic E-state index is -0.0280. The molecule has 0 spiro atoms. The van der Waals surface area contributed by atoms with Crippen molar-refractivity contribution in [3.8, 4) is 54.9 Å². The summed E-state index contributed by atoms with van der Waals surface area (Å²) in [7, 11) is 0. The van der Waals surface area contributed by atoms with Crippen LogP contribution in [0.3, 0.4) is 0 Å². The number of thiophene rings is 1. The van der Waals surface area contributed by atoms with Gasteiger partial charge in [0.1, 0.15) is 22.3 Å². The molecule has 0 bridgehead atoms. The number of hydrogen-bond acceptors (Lipinski definition) is 4. The molecule has 11 aromatic rings. The van der Waals surface area contributed by atoms with Gasteiger partial charge in [0, 0.05) is 52.3 Å². The van der Waals surface area contributed by atoms with Gasteiger partial charge in [-0.2, -0.15) is 0 Å². The fourth-order valence-corrected chi connectivity index (χ4v) is 16.6. The van der Waals surface area contributed by atoms with E-state index >= 15 is 0 Å². The van der Waals surface area contributed by atoms with Crippen molar-refractivity contribution in [1.82, 2.24) is 0 Å². The predicted molar refractivity (Wildman–Crippen MR) is 335 cm³/mol. The lowest BCUT2D eigenvalue weighted by Crippen LogP contribution is -2.25. The van der Waals surface area contributed by atoms with E-state index in [0.717, 1.165) is 54.4 Å². The first-order valence-electron chi connectivity index (χ1n) is 29.3. The molecule has 3 aromatic heterocycles. The molecule has 0 saturated carbocycles. The minimum Gasteiger partial charge on any atom is -0.456 e. The number of furan rings is 2. The summed E-state index contributed by atoms with van der Waals surface area (Å²) in [5, 5.41) is 5.28. The van der Waals surface area contributed by atoms with Crippen LogP contribution in [-0.2, 0) is 10.8 Å². The zero-order valence-electron chi connectivity index (χ0n) is 45.6. The molecule has 4 heteroatoms. The number of thioether (sulfide) groups is 1. The second-order valence-corrected chi connectivity index (χ2v) is 25.2. The van der Waals surface area contributed by atoms with Gasteiger partial charge in [0.15, 0.2) is 0 Å². The summed E-state index contributed by atoms with van der Waals surface area (Å²) in [6.07, 6.45) is 17.7. The lowest BCUT2D eigenvalue weighted by atomic mass is 9.70. The van der Waals surface area contributed by atoms with Crippen molar-refractivity contribution in [3.63, 3.8) is 0 Å². The van der Waals surface area contributed by atoms with Crippen LogP contribution in [0.2, 0.25) is 0 Å². The summed E-state index contributed by atoms with van der Waals surface area (Å²) < 4.78 is 13.5. The Hall–Kier alpha value is -6.85. The van der Waals surface area contributed by atoms with Crippen LogP contribution in [0.4, 0.5) is 0 Å². The van der Waals surface area contributed by atoms with E-state index in [1.807, 2.05) is 23.1 Å². The van der Waals surface area contributed by atoms with Crippen molar-refractivity contribution >= 4 is 71.9 Å². The zero-order valence-corrected chi connectivity index (χ0v) is 47.3. The second-order valence-electron chi connectivity index (χ2n) is 22.9. The van der Waals surface area contributed by atoms with Gasteiger partial charge in [0.05, 0.1) is 0 Å². The van der Waals surface area contributed by atoms with Gasteiger partial charge in [-0.15, -0.1) is 23.1 Å². The molecule has 0 fully saturated rings. The first-order chi connectivity index (χ1) is 38.4. The number of rotatable bonds is 17. The summed E-state index contributed by atoms with van der Waals surface area (Å²) in [6.45, 7) is 9.37. The second kappa shape index (κ2) is 20.1. The topological polar surface area (TPSA) is 26.3 Å². The van der Waals surface area contributed by atoms with E-state index in [0.29, 0.717) is 5.25 Å². The van der Waals surface area contributed by atoms with Crippen LogP contribution in [-0.4, -0.2) is 0 Å². The highest BCUT2D eigenvalue weighted by Gasteiger charge is 2.45. The molecule has 3 aliphatic rings. The van der Waals surface area contributed by atoms with E-state index in [1.54, 1.807) is 0 Å². The van der Waals surface area contributed by atoms with Crippen LogP contribution >= 0.6 is 23.1 Å². The number of fused-ring (bicyclic) bond motifs is 12. The quantitative estimate of drug-likeness (QED) is 0.0909. The van der Waals surface area contributed by atoms with Gasteiger partial charge in [-0.3, -0.25) is 0 Å². The summed E-state index contributed by atoms with van der Waals surface area (Å²) in [5.41, 5.74) is 23.0. The normalized spacial score (nSPS) is 15.8. The lowest BCUT2D eigenvalue weighted by molar-refractivity contribution is 0.415. The van der Waals surface area contributed by atoms with Crippen LogP contribution in [0.15, 0.2) is 185 Å². The highest BCUT2D eigenvalue weighted by molar-refractivity contribution is 8.08. The molecule has 0 saturated heterocycles. The summed E-state index contributed by atoms with van der Waals surface area (Å²) >= 11 is 3.97. The van der Waals surface area contributed by atoms with Crippen molar-refractivity contribution in [2.24, 2.45) is 0 Å². The number of hydrogen-bond donors (Lipinski definition) is 0. The maximum atomic E-state index is 6.77. The lowest BCUT2D eigenvalue weighted by Gasteiger charge is -2.33. The Balaban J connectivity index is 0.763. The molecule has 4 heterocycles. The highest BCUT2D eigenvalue weighted by atomic mass is 32.2. The van der Waals surface area contributed by atoms with Crippen molar-refractivity contribution in [3.05, 3.63) is 209 Å². The molecule has 388 valence electrons. The Morgan fingerprint density at radius 2 is 0.846 bits per heavy atom. The van der Waals surface area contributed by atoms with Gasteiger partial charge in [-0.05, 0) is 189 Å². The van der Waals surface area contributed by atoms with Crippen LogP contribution in [0.25, 0.3) is 104 Å². The molecule has 0 N–H and O–H groups in total. The van der Waals surface area contributed by atoms with Crippen LogP contribution in [0.1, 0.15) is 149 Å². The van der Waals surface area contributed by atoms with Gasteiger partial charge in [-0.1, -0.05) is 176 Å². The average Bonchev–Trinajstić information content (AvgIpc) is 4.46. The summed E-state index contributed by atoms with van der Waals surface area (Å²) in [5.74, 6) is 0. The molecule has 78 heavy (non-hydrogen) atoms. The summed E-state index contributed by atoms with van der Waals surface area (Å²) in [6, 6.07) is 64.7. The van der Waals surface area contributed by atoms with E-state index in [2.05, 4.69) is 204 Å². The Kier molecular flexibility index (Phi) is 12.7. The molecule has 8 aromatic carbocycles. The fourth-order valence-electron chi connectivity index (χ4n) is 14.2. The van der Waals surface area contributed by atoms with Gasteiger partial charge >= 0.3 is 0 Å². The maximum Gasteiger partial charge on any atom is 0.136 e. The van der Waals surface area contributed by atoms with Gasteiger partial charge in [-0.25, -0.2) is 0 Å². The molecular formula is C74H68O2S2. The average molecular weight is 1050 g/mol. The third-order valence-electron chi connectivity index (χ3n) is 18.2. The molecule has 0 amide bonds. The first kappa shape index (κ1) is 49.4. The Morgan fingerprint density at radius 1 is 0.397 bits per heavy atom. The van der Waals surface area contributed by atoms with Gasteiger partial charge in [0.25, 0.3) is 0 Å². The van der Waals surface area contributed by atoms with Crippen molar-refractivity contribution in [1.29, 1.82) is 0 Å². The van der Waals surface area contributed by atoms with Crippen molar-refractivity contribution in [2.75, 3.05) is 0 Å². The molecule has 1 unspecified atom stereocenters. The molecule has 14 rings (SSSR count). The third kappa shape index (κ3) is 8.10. The molecular weight excluding hydrogens is 985 g/mol. The molecule has 1 atom stereocenters. The van der Waals surface area contributed by atoms with Crippen LogP contribution in [0, 0.1) is 0 Å². The smallest absolute Gasteiger partial charge is 0.136 e. The number of benzene rings is 8. The number of allylic oxidation sites excluding steroid dienone is 1. The van der Waals surface area contributed by atoms with Crippen LogP contribution < -0.4 is 0 Å². The third-order valence-corrected chi connectivity index (χ3v) is 21.0. The number of unbranched alkanes of at least 4 members (excludes halogenated alkanes) is 4. The Morgan fingerprint density at radius 3 is 1.35 bits per heavy atom. The van der Waals surface area contributed by atoms with Gasteiger partial charge < -0.3 is 8.83 Å². The van der Waals surface area contributed by atoms with Crippen LogP contribution in [0.5, 0.6) is 0 Å². The zero-order chi connectivity index (χ0) is 52.5. The molecule has 2 nitrogen and oxygen atoms in total. The Labute approximate surface area is 468 Å². The SMILES string of the molecule is CCCCC1(CCCC)c2cc(-c3ccccc3)ccc2-c2cc3oc4ccc(C5=CCC(c6ccc(-c7ccc8oc9cc%10c(cc9c8c7)C(CCCC)(CCCC)c7cc(-c8ccccc8)ccc7-%10)s6)S5)cc4c3cc21. The fraction of sp³-hybridized carbons (Fsp3) is 0.270. The van der Waals surface area contributed by atoms with E-state index in [-0.39, 0.29) is 10.8 Å². The van der Waals surface area contributed by atoms with Gasteiger partial charge in [0.2, 0.25) is 0 Å². The predicted octanol–water partition coefficient (Wildman–Crippen LogP) is 23.1. The van der Waals surface area contributed by atoms with Crippen molar-refractivity contribution < 1.29 is 8.83 Å². The Bertz CT molecular complexity index is 4090. The largest absolute Gasteiger partial charge is 0.456 e. The van der Waals surface area contributed by atoms with E-state index in [4.69, 9.17) is 8.83 Å². The van der Waals surface area contributed by atoms with E-state index in [1.165, 1.54) is 165 Å². The van der Waals surface area contributed by atoms with E-state index < -0.39 is 0 Å². The van der Waals surface area contributed by atoms with E-state index in [9.17, 15) is 0 Å². The summed E-state index contributed by atoms with van der Waals surface area (Å²) in [4.78, 5) is 4.10. The minimum absolute atomic E-state index is 0.0259. The monoisotopic (exact) mass is 1050 g/mol. The molecule has 0 radical (unpaired) electrons. The molecule has 2 aliphatic carbocycles.